The molecule has 0 rings (SSSR count). The molecule has 0 aliphatic heterocycles. The van der Waals surface area contributed by atoms with E-state index in [4.69, 9.17) is 15.9 Å². The molecule has 0 aliphatic rings. The number of thiol groups is 1. The first-order chi connectivity index (χ1) is 9.27. The van der Waals surface area contributed by atoms with Gasteiger partial charge in [0.2, 0.25) is 0 Å². The van der Waals surface area contributed by atoms with Crippen molar-refractivity contribution in [2.75, 3.05) is 12.3 Å². The summed E-state index contributed by atoms with van der Waals surface area (Å²) < 4.78 is -0.0947. The second kappa shape index (κ2) is 9.76. The number of amides is 2. The molecule has 0 aromatic heterocycles. The number of carboxylic acids is 1. The Bertz CT molecular complexity index is 393. The van der Waals surface area contributed by atoms with Crippen LogP contribution in [-0.2, 0) is 14.4 Å². The zero-order valence-electron chi connectivity index (χ0n) is 10.5. The molecule has 0 saturated carbocycles. The van der Waals surface area contributed by atoms with Crippen molar-refractivity contribution < 1.29 is 24.6 Å². The minimum absolute atomic E-state index is 0.0173. The molecule has 10 heteroatoms. The Kier molecular flexibility index (Phi) is 9.22. The number of aliphatic carboxylic acids is 1. The van der Waals surface area contributed by atoms with Crippen molar-refractivity contribution in [2.24, 2.45) is 5.73 Å². The van der Waals surface area contributed by atoms with Crippen LogP contribution in [0.2, 0.25) is 0 Å². The number of nitrogens with one attached hydrogen (secondary N) is 2. The molecule has 0 aliphatic carbocycles. The summed E-state index contributed by atoms with van der Waals surface area (Å²) in [4.78, 5) is 33.4. The van der Waals surface area contributed by atoms with E-state index in [-0.39, 0.29) is 23.2 Å². The van der Waals surface area contributed by atoms with Crippen LogP contribution < -0.4 is 16.4 Å². The summed E-state index contributed by atoms with van der Waals surface area (Å²) >= 11 is 6.26. The molecule has 0 radical (unpaired) electrons. The van der Waals surface area contributed by atoms with E-state index in [1.165, 1.54) is 0 Å². The van der Waals surface area contributed by atoms with E-state index in [1.54, 1.807) is 0 Å². The van der Waals surface area contributed by atoms with Gasteiger partial charge in [0.05, 0.1) is 0 Å². The molecule has 2 atom stereocenters. The first-order valence-electron chi connectivity index (χ1n) is 5.66. The van der Waals surface area contributed by atoms with Gasteiger partial charge in [0.25, 0.3) is 0 Å². The SMILES string of the molecule is NC(CCC(=O)NC(CS)C(=O)NCC(=O)O)C(O)=[Se]. The Balaban J connectivity index is 4.21. The Labute approximate surface area is 129 Å². The maximum atomic E-state index is 11.6. The Morgan fingerprint density at radius 2 is 1.90 bits per heavy atom. The van der Waals surface area contributed by atoms with E-state index < -0.39 is 36.4 Å². The number of carbonyl (C=O) groups excluding carboxylic acids is 2. The molecular weight excluding hydrogens is 353 g/mol. The maximum absolute atomic E-state index is 11.6. The number of hydrogen-bond donors (Lipinski definition) is 6. The van der Waals surface area contributed by atoms with Gasteiger partial charge in [-0.15, -0.1) is 0 Å². The number of aliphatic hydroxyl groups excluding tert-OH is 1. The van der Waals surface area contributed by atoms with Crippen LogP contribution in [0.25, 0.3) is 0 Å². The molecule has 0 fully saturated rings. The molecular formula is C10H17N3O5SSe. The number of nitrogens with two attached hydrogens (primary N) is 1. The number of carboxylic acid groups (broad SMARTS) is 1. The van der Waals surface area contributed by atoms with Crippen LogP contribution in [0.15, 0.2) is 0 Å². The fourth-order valence-corrected chi connectivity index (χ4v) is 1.66. The number of carbonyl (C=O) groups is 3. The first kappa shape index (κ1) is 18.9. The zero-order chi connectivity index (χ0) is 15.7. The van der Waals surface area contributed by atoms with E-state index in [9.17, 15) is 14.4 Å². The molecule has 8 nitrogen and oxygen atoms in total. The predicted molar refractivity (Wildman–Crippen MR) is 76.3 cm³/mol. The Morgan fingerprint density at radius 1 is 1.30 bits per heavy atom. The standard InChI is InChI=1S/C10H17N3O5SSe/c11-5(10(18)20)1-2-7(14)13-6(4-19)9(17)12-3-8(15)16/h5-6,19H,1-4,11H2,(H,12,17)(H,13,14)(H,15,16)(H,18,20). The molecule has 0 spiro atoms. The molecule has 2 amide bonds. The molecule has 0 aromatic carbocycles. The zero-order valence-corrected chi connectivity index (χ0v) is 13.1. The van der Waals surface area contributed by atoms with Crippen LogP contribution in [0.3, 0.4) is 0 Å². The van der Waals surface area contributed by atoms with Gasteiger partial charge >= 0.3 is 129 Å². The van der Waals surface area contributed by atoms with Crippen molar-refractivity contribution in [3.63, 3.8) is 0 Å². The monoisotopic (exact) mass is 371 g/mol. The van der Waals surface area contributed by atoms with E-state index in [2.05, 4.69) is 38.8 Å². The predicted octanol–water partition coefficient (Wildman–Crippen LogP) is -2.62. The molecule has 0 saturated heterocycles. The summed E-state index contributed by atoms with van der Waals surface area (Å²) in [5.41, 5.74) is 5.51. The van der Waals surface area contributed by atoms with Crippen molar-refractivity contribution in [3.05, 3.63) is 0 Å². The van der Waals surface area contributed by atoms with Crippen molar-refractivity contribution in [2.45, 2.75) is 24.9 Å². The van der Waals surface area contributed by atoms with Crippen LogP contribution >= 0.6 is 12.6 Å². The van der Waals surface area contributed by atoms with E-state index in [1.807, 2.05) is 0 Å². The summed E-state index contributed by atoms with van der Waals surface area (Å²) in [6, 6.07) is -1.58. The van der Waals surface area contributed by atoms with Gasteiger partial charge in [-0.05, 0) is 0 Å². The van der Waals surface area contributed by atoms with Gasteiger partial charge in [-0.25, -0.2) is 0 Å². The van der Waals surface area contributed by atoms with Crippen LogP contribution in [0.4, 0.5) is 0 Å². The quantitative estimate of drug-likeness (QED) is 0.194. The fourth-order valence-electron chi connectivity index (χ4n) is 1.16. The summed E-state index contributed by atoms with van der Waals surface area (Å²) in [5.74, 6) is -2.22. The van der Waals surface area contributed by atoms with Gasteiger partial charge in [-0.1, -0.05) is 0 Å². The average Bonchev–Trinajstić information content (AvgIpc) is 2.38. The summed E-state index contributed by atoms with van der Waals surface area (Å²) in [6.45, 7) is -0.529. The van der Waals surface area contributed by atoms with Crippen LogP contribution in [-0.4, -0.2) is 72.6 Å². The second-order valence-electron chi connectivity index (χ2n) is 3.90. The summed E-state index contributed by atoms with van der Waals surface area (Å²) in [5, 5.41) is 22.0. The topological polar surface area (TPSA) is 142 Å². The van der Waals surface area contributed by atoms with Crippen LogP contribution in [0, 0.1) is 0 Å². The number of rotatable bonds is 9. The molecule has 114 valence electrons. The normalized spacial score (nSPS) is 13.1. The van der Waals surface area contributed by atoms with Crippen molar-refractivity contribution in [3.8, 4) is 0 Å². The Hall–Kier alpha value is -1.09. The van der Waals surface area contributed by atoms with Gasteiger partial charge in [0.1, 0.15) is 0 Å². The summed E-state index contributed by atoms with van der Waals surface area (Å²) in [6.07, 6.45) is 0.226. The minimum atomic E-state index is -1.18. The van der Waals surface area contributed by atoms with Crippen LogP contribution in [0.1, 0.15) is 12.8 Å². The molecule has 2 unspecified atom stereocenters. The molecule has 0 aromatic rings. The molecule has 6 N–H and O–H groups in total. The third-order valence-electron chi connectivity index (χ3n) is 2.25. The molecule has 0 bridgehead atoms. The van der Waals surface area contributed by atoms with E-state index in [0.29, 0.717) is 0 Å². The van der Waals surface area contributed by atoms with Crippen LogP contribution in [0.5, 0.6) is 0 Å². The van der Waals surface area contributed by atoms with Gasteiger partial charge in [0.15, 0.2) is 0 Å². The fraction of sp³-hybridized carbons (Fsp3) is 0.600. The third kappa shape index (κ3) is 8.15. The molecule has 0 heterocycles. The number of hydrogen-bond acceptors (Lipinski definition) is 6. The Morgan fingerprint density at radius 3 is 2.35 bits per heavy atom. The van der Waals surface area contributed by atoms with Crippen molar-refractivity contribution in [1.82, 2.24) is 10.6 Å². The number of aliphatic hydroxyl groups is 1. The van der Waals surface area contributed by atoms with Gasteiger partial charge < -0.3 is 0 Å². The third-order valence-corrected chi connectivity index (χ3v) is 3.25. The van der Waals surface area contributed by atoms with E-state index >= 15 is 0 Å². The van der Waals surface area contributed by atoms with Gasteiger partial charge in [0, 0.05) is 0 Å². The van der Waals surface area contributed by atoms with E-state index in [0.717, 1.165) is 0 Å². The second-order valence-corrected chi connectivity index (χ2v) is 5.14. The first-order valence-corrected chi connectivity index (χ1v) is 7.15. The summed E-state index contributed by atoms with van der Waals surface area (Å²) in [7, 11) is 0. The molecule has 20 heavy (non-hydrogen) atoms. The van der Waals surface area contributed by atoms with Gasteiger partial charge in [-0.3, -0.25) is 0 Å². The van der Waals surface area contributed by atoms with Gasteiger partial charge in [-0.2, -0.15) is 0 Å². The van der Waals surface area contributed by atoms with Crippen molar-refractivity contribution in [1.29, 1.82) is 0 Å². The van der Waals surface area contributed by atoms with Crippen molar-refractivity contribution >= 4 is 50.6 Å². The average molecular weight is 370 g/mol.